The number of benzene rings is 8. The van der Waals surface area contributed by atoms with Crippen molar-refractivity contribution >= 4 is 105 Å². The van der Waals surface area contributed by atoms with Gasteiger partial charge in [0.1, 0.15) is 39.1 Å². The van der Waals surface area contributed by atoms with Gasteiger partial charge in [-0.2, -0.15) is 9.97 Å². The van der Waals surface area contributed by atoms with E-state index in [1.807, 2.05) is 109 Å². The van der Waals surface area contributed by atoms with Crippen molar-refractivity contribution in [2.75, 3.05) is 4.90 Å². The topological polar surface area (TPSA) is 94.5 Å². The fraction of sp³-hybridized carbons (Fsp3) is 0. The lowest BCUT2D eigenvalue weighted by Crippen LogP contribution is -2.15. The Morgan fingerprint density at radius 1 is 0.322 bits per heavy atom. The molecule has 0 bridgehead atoms. The number of anilines is 3. The maximum atomic E-state index is 6.72. The largest absolute Gasteiger partial charge is 0.456 e. The Hall–Kier alpha value is -8.23. The van der Waals surface area contributed by atoms with Crippen molar-refractivity contribution in [3.05, 3.63) is 170 Å². The van der Waals surface area contributed by atoms with Crippen molar-refractivity contribution < 1.29 is 17.7 Å². The molecule has 0 saturated carbocycles. The molecule has 276 valence electrons. The Labute approximate surface area is 334 Å². The van der Waals surface area contributed by atoms with Crippen LogP contribution in [0.15, 0.2) is 188 Å². The zero-order valence-electron chi connectivity index (χ0n) is 31.1. The molecule has 0 amide bonds. The summed E-state index contributed by atoms with van der Waals surface area (Å²) in [6.45, 7) is 0. The van der Waals surface area contributed by atoms with Gasteiger partial charge in [0.05, 0.1) is 16.8 Å². The molecule has 13 aromatic rings. The monoisotopic (exact) mass is 760 g/mol. The molecule has 8 nitrogen and oxygen atoms in total. The fourth-order valence-corrected chi connectivity index (χ4v) is 8.65. The average Bonchev–Trinajstić information content (AvgIpc) is 4.06. The Balaban J connectivity index is 1.13. The van der Waals surface area contributed by atoms with Crippen LogP contribution >= 0.6 is 0 Å². The molecule has 59 heavy (non-hydrogen) atoms. The summed E-state index contributed by atoms with van der Waals surface area (Å²) in [5, 5.41) is 7.91. The number of fused-ring (bicyclic) bond motifs is 12. The normalized spacial score (nSPS) is 12.1. The van der Waals surface area contributed by atoms with E-state index in [1.165, 1.54) is 0 Å². The van der Waals surface area contributed by atoms with Crippen molar-refractivity contribution in [2.45, 2.75) is 0 Å². The number of aromatic nitrogens is 3. The average molecular weight is 761 g/mol. The van der Waals surface area contributed by atoms with Crippen LogP contribution in [0.1, 0.15) is 0 Å². The van der Waals surface area contributed by atoms with Gasteiger partial charge in [0.25, 0.3) is 0 Å². The first-order valence-electron chi connectivity index (χ1n) is 19.4. The third kappa shape index (κ3) is 4.80. The first kappa shape index (κ1) is 31.9. The molecule has 0 saturated heterocycles. The van der Waals surface area contributed by atoms with Gasteiger partial charge in [-0.05, 0) is 78.9 Å². The van der Waals surface area contributed by atoms with Gasteiger partial charge >= 0.3 is 0 Å². The second-order valence-corrected chi connectivity index (χ2v) is 14.7. The zero-order valence-corrected chi connectivity index (χ0v) is 31.1. The number of nitrogens with zero attached hydrogens (tertiary/aromatic N) is 4. The molecule has 0 unspecified atom stereocenters. The summed E-state index contributed by atoms with van der Waals surface area (Å²) in [5.74, 6) is 1.41. The van der Waals surface area contributed by atoms with E-state index in [-0.39, 0.29) is 0 Å². The van der Waals surface area contributed by atoms with Gasteiger partial charge in [0, 0.05) is 48.8 Å². The molecule has 0 aliphatic carbocycles. The predicted octanol–water partition coefficient (Wildman–Crippen LogP) is 14.3. The van der Waals surface area contributed by atoms with Crippen molar-refractivity contribution in [3.63, 3.8) is 0 Å². The highest BCUT2D eigenvalue weighted by Crippen LogP contribution is 2.46. The van der Waals surface area contributed by atoms with Crippen molar-refractivity contribution in [3.8, 4) is 22.8 Å². The molecule has 0 aliphatic rings. The minimum absolute atomic E-state index is 0.407. The van der Waals surface area contributed by atoms with Crippen LogP contribution in [0, 0.1) is 0 Å². The van der Waals surface area contributed by atoms with Crippen LogP contribution in [0.4, 0.5) is 17.3 Å². The molecule has 0 atom stereocenters. The fourth-order valence-electron chi connectivity index (χ4n) is 8.65. The Morgan fingerprint density at radius 3 is 1.39 bits per heavy atom. The van der Waals surface area contributed by atoms with Crippen molar-refractivity contribution in [2.24, 2.45) is 0 Å². The number of hydrogen-bond acceptors (Lipinski definition) is 8. The summed E-state index contributed by atoms with van der Waals surface area (Å²) >= 11 is 0. The lowest BCUT2D eigenvalue weighted by Gasteiger charge is -2.24. The lowest BCUT2D eigenvalue weighted by molar-refractivity contribution is 0.667. The lowest BCUT2D eigenvalue weighted by atomic mass is 10.1. The third-order valence-electron chi connectivity index (χ3n) is 11.3. The van der Waals surface area contributed by atoms with E-state index in [2.05, 4.69) is 65.6 Å². The van der Waals surface area contributed by atoms with Crippen LogP contribution in [-0.4, -0.2) is 15.0 Å². The first-order valence-corrected chi connectivity index (χ1v) is 19.4. The highest BCUT2D eigenvalue weighted by atomic mass is 16.3. The summed E-state index contributed by atoms with van der Waals surface area (Å²) in [6, 6.07) is 56.8. The van der Waals surface area contributed by atoms with Gasteiger partial charge in [-0.15, -0.1) is 0 Å². The van der Waals surface area contributed by atoms with E-state index in [0.29, 0.717) is 23.2 Å². The van der Waals surface area contributed by atoms with Crippen molar-refractivity contribution in [1.29, 1.82) is 0 Å². The van der Waals surface area contributed by atoms with Crippen LogP contribution in [0.5, 0.6) is 0 Å². The number of rotatable bonds is 5. The third-order valence-corrected chi connectivity index (χ3v) is 11.3. The molecule has 0 N–H and O–H groups in total. The van der Waals surface area contributed by atoms with Crippen molar-refractivity contribution in [1.82, 2.24) is 15.0 Å². The smallest absolute Gasteiger partial charge is 0.238 e. The molecule has 8 aromatic carbocycles. The van der Waals surface area contributed by atoms with E-state index in [0.717, 1.165) is 105 Å². The van der Waals surface area contributed by atoms with Crippen LogP contribution in [0.2, 0.25) is 0 Å². The summed E-state index contributed by atoms with van der Waals surface area (Å²) < 4.78 is 25.6. The summed E-state index contributed by atoms with van der Waals surface area (Å²) in [6.07, 6.45) is 0. The molecule has 0 radical (unpaired) electrons. The molecule has 5 heterocycles. The summed E-state index contributed by atoms with van der Waals surface area (Å²) in [4.78, 5) is 18.1. The van der Waals surface area contributed by atoms with E-state index in [4.69, 9.17) is 32.6 Å². The maximum Gasteiger partial charge on any atom is 0.238 e. The number of furan rings is 4. The maximum absolute atomic E-state index is 6.72. The molecule has 5 aromatic heterocycles. The zero-order chi connectivity index (χ0) is 38.6. The summed E-state index contributed by atoms with van der Waals surface area (Å²) in [7, 11) is 0. The van der Waals surface area contributed by atoms with Crippen LogP contribution < -0.4 is 4.90 Å². The minimum Gasteiger partial charge on any atom is -0.456 e. The van der Waals surface area contributed by atoms with E-state index < -0.39 is 0 Å². The van der Waals surface area contributed by atoms with Gasteiger partial charge in [0.2, 0.25) is 5.95 Å². The Bertz CT molecular complexity index is 3700. The Morgan fingerprint density at radius 2 is 0.763 bits per heavy atom. The van der Waals surface area contributed by atoms with Gasteiger partial charge < -0.3 is 17.7 Å². The van der Waals surface area contributed by atoms with Gasteiger partial charge in [-0.3, -0.25) is 4.90 Å². The highest BCUT2D eigenvalue weighted by molar-refractivity contribution is 6.16. The molecular formula is C51H28N4O4. The Kier molecular flexibility index (Phi) is 6.56. The second-order valence-electron chi connectivity index (χ2n) is 14.7. The number of hydrogen-bond donors (Lipinski definition) is 0. The van der Waals surface area contributed by atoms with Crippen LogP contribution in [-0.2, 0) is 0 Å². The molecule has 13 rings (SSSR count). The second kappa shape index (κ2) is 12.1. The SMILES string of the molecule is c1ccc2c(c1)oc1ccc(-c3nc(-c4ccc5oc6ccccc6c5c4)nc(N(c4cccc5c4oc4ccccc45)c4cccc5oc6ccccc6c45)n3)cc12. The standard InChI is InChI=1S/C51H28N4O4/c1-7-20-42-31(11-1)34-15-9-17-39(48(34)59-42)55(38-16-10-22-46-47(38)35-14-4-8-21-43(35)58-46)51-53-49(29-23-25-44-36(27-29)32-12-2-5-18-40(32)56-44)52-50(54-51)30-24-26-45-37(28-30)33-13-3-6-19-41(33)57-45/h1-28H. The molecule has 0 fully saturated rings. The quantitative estimate of drug-likeness (QED) is 0.171. The summed E-state index contributed by atoms with van der Waals surface area (Å²) in [5.41, 5.74) is 9.49. The molecule has 0 aliphatic heterocycles. The minimum atomic E-state index is 0.407. The van der Waals surface area contributed by atoms with Crippen LogP contribution in [0.25, 0.3) is 111 Å². The number of para-hydroxylation sites is 5. The van der Waals surface area contributed by atoms with E-state index in [9.17, 15) is 0 Å². The van der Waals surface area contributed by atoms with E-state index >= 15 is 0 Å². The molecule has 8 heteroatoms. The van der Waals surface area contributed by atoms with Gasteiger partial charge in [-0.25, -0.2) is 4.98 Å². The first-order chi connectivity index (χ1) is 29.2. The van der Waals surface area contributed by atoms with E-state index in [1.54, 1.807) is 0 Å². The van der Waals surface area contributed by atoms with Crippen LogP contribution in [0.3, 0.4) is 0 Å². The highest BCUT2D eigenvalue weighted by Gasteiger charge is 2.27. The molecule has 0 spiro atoms. The van der Waals surface area contributed by atoms with Gasteiger partial charge in [-0.1, -0.05) is 91.0 Å². The predicted molar refractivity (Wildman–Crippen MR) is 234 cm³/mol. The van der Waals surface area contributed by atoms with Gasteiger partial charge in [0.15, 0.2) is 17.2 Å². The molecular weight excluding hydrogens is 733 g/mol.